The summed E-state index contributed by atoms with van der Waals surface area (Å²) in [4.78, 5) is 14.1. The topological polar surface area (TPSA) is 20.3 Å². The summed E-state index contributed by atoms with van der Waals surface area (Å²) in [5.41, 5.74) is -2.28. The predicted molar refractivity (Wildman–Crippen MR) is 75.4 cm³/mol. The molecule has 0 fully saturated rings. The molecule has 1 unspecified atom stereocenters. The number of carbonyl (C=O) groups excluding carboxylic acids is 1. The number of hydrogen-bond acceptors (Lipinski definition) is 1. The maximum absolute atomic E-state index is 13.7. The van der Waals surface area contributed by atoms with Crippen molar-refractivity contribution in [1.29, 1.82) is 0 Å². The van der Waals surface area contributed by atoms with E-state index in [2.05, 4.69) is 0 Å². The highest BCUT2D eigenvalue weighted by Gasteiger charge is 2.62. The lowest BCUT2D eigenvalue weighted by Crippen LogP contribution is -2.58. The van der Waals surface area contributed by atoms with Crippen LogP contribution in [0.25, 0.3) is 0 Å². The largest absolute Gasteiger partial charge is 0.403 e. The number of alkyl halides is 3. The highest BCUT2D eigenvalue weighted by Crippen LogP contribution is 2.49. The quantitative estimate of drug-likeness (QED) is 0.699. The van der Waals surface area contributed by atoms with Gasteiger partial charge in [0, 0.05) is 12.1 Å². The summed E-state index contributed by atoms with van der Waals surface area (Å²) in [6.45, 7) is 11.7. The van der Waals surface area contributed by atoms with Crippen molar-refractivity contribution in [2.45, 2.75) is 79.6 Å². The summed E-state index contributed by atoms with van der Waals surface area (Å²) >= 11 is 0. The van der Waals surface area contributed by atoms with Crippen LogP contribution < -0.4 is 0 Å². The molecule has 2 nitrogen and oxygen atoms in total. The maximum atomic E-state index is 13.7. The molecule has 0 N–H and O–H groups in total. The smallest absolute Gasteiger partial charge is 0.337 e. The molecule has 0 saturated heterocycles. The van der Waals surface area contributed by atoms with Crippen LogP contribution in [0.4, 0.5) is 13.2 Å². The van der Waals surface area contributed by atoms with Crippen LogP contribution in [0.5, 0.6) is 0 Å². The van der Waals surface area contributed by atoms with Crippen LogP contribution in [0.2, 0.25) is 0 Å². The highest BCUT2D eigenvalue weighted by molar-refractivity contribution is 5.84. The van der Waals surface area contributed by atoms with Gasteiger partial charge in [-0.1, -0.05) is 27.2 Å². The molecule has 0 radical (unpaired) electrons. The molecule has 0 aliphatic rings. The second-order valence-corrected chi connectivity index (χ2v) is 6.27. The fourth-order valence-electron chi connectivity index (χ4n) is 2.92. The van der Waals surface area contributed by atoms with Crippen molar-refractivity contribution < 1.29 is 18.0 Å². The van der Waals surface area contributed by atoms with E-state index >= 15 is 0 Å². The first kappa shape index (κ1) is 19.3. The van der Waals surface area contributed by atoms with E-state index < -0.39 is 23.4 Å². The molecule has 0 aliphatic heterocycles. The van der Waals surface area contributed by atoms with Gasteiger partial charge >= 0.3 is 6.18 Å². The Morgan fingerprint density at radius 2 is 1.40 bits per heavy atom. The molecule has 0 heterocycles. The standard InChI is InChI=1S/C15H28F3NO/c1-8-9-14(10(2)3,15(16,17)18)13(20)19(11(4)5)12(6)7/h10-12H,8-9H2,1-7H3. The zero-order chi connectivity index (χ0) is 16.3. The van der Waals surface area contributed by atoms with Crippen LogP contribution in [0.15, 0.2) is 0 Å². The van der Waals surface area contributed by atoms with E-state index in [1.54, 1.807) is 34.6 Å². The zero-order valence-electron chi connectivity index (χ0n) is 13.6. The molecular weight excluding hydrogens is 267 g/mol. The summed E-state index contributed by atoms with van der Waals surface area (Å²) in [6, 6.07) is -0.500. The molecular formula is C15H28F3NO. The molecule has 0 bridgehead atoms. The molecule has 5 heteroatoms. The highest BCUT2D eigenvalue weighted by atomic mass is 19.4. The van der Waals surface area contributed by atoms with Gasteiger partial charge in [0.25, 0.3) is 0 Å². The predicted octanol–water partition coefficient (Wildman–Crippen LogP) is 4.64. The lowest BCUT2D eigenvalue weighted by atomic mass is 9.71. The second-order valence-electron chi connectivity index (χ2n) is 6.27. The van der Waals surface area contributed by atoms with E-state index in [0.717, 1.165) is 0 Å². The first-order valence-electron chi connectivity index (χ1n) is 7.32. The SMILES string of the molecule is CCCC(C(=O)N(C(C)C)C(C)C)(C(C)C)C(F)(F)F. The summed E-state index contributed by atoms with van der Waals surface area (Å²) in [7, 11) is 0. The molecule has 0 aromatic rings. The molecule has 0 rings (SSSR count). The van der Waals surface area contributed by atoms with Gasteiger partial charge in [-0.3, -0.25) is 4.79 Å². The average molecular weight is 295 g/mol. The average Bonchev–Trinajstić information content (AvgIpc) is 2.21. The molecule has 1 atom stereocenters. The zero-order valence-corrected chi connectivity index (χ0v) is 13.6. The van der Waals surface area contributed by atoms with Crippen molar-refractivity contribution in [3.8, 4) is 0 Å². The van der Waals surface area contributed by atoms with Gasteiger partial charge in [0.1, 0.15) is 5.41 Å². The fourth-order valence-corrected chi connectivity index (χ4v) is 2.92. The van der Waals surface area contributed by atoms with Gasteiger partial charge in [0.15, 0.2) is 0 Å². The minimum Gasteiger partial charge on any atom is -0.337 e. The van der Waals surface area contributed by atoms with Gasteiger partial charge < -0.3 is 4.90 Å². The first-order chi connectivity index (χ1) is 8.93. The van der Waals surface area contributed by atoms with Crippen LogP contribution in [0, 0.1) is 11.3 Å². The lowest BCUT2D eigenvalue weighted by molar-refractivity contribution is -0.243. The molecule has 0 aliphatic carbocycles. The van der Waals surface area contributed by atoms with Crippen molar-refractivity contribution in [3.63, 3.8) is 0 Å². The van der Waals surface area contributed by atoms with Crippen LogP contribution >= 0.6 is 0 Å². The van der Waals surface area contributed by atoms with Gasteiger partial charge in [-0.15, -0.1) is 0 Å². The Morgan fingerprint density at radius 3 is 1.60 bits per heavy atom. The molecule has 1 amide bonds. The number of nitrogens with zero attached hydrogens (tertiary/aromatic N) is 1. The first-order valence-corrected chi connectivity index (χ1v) is 7.32. The molecule has 20 heavy (non-hydrogen) atoms. The Labute approximate surface area is 120 Å². The van der Waals surface area contributed by atoms with Crippen molar-refractivity contribution in [1.82, 2.24) is 4.90 Å². The third-order valence-corrected chi connectivity index (χ3v) is 3.86. The van der Waals surface area contributed by atoms with Crippen LogP contribution in [0.3, 0.4) is 0 Å². The maximum Gasteiger partial charge on any atom is 0.403 e. The molecule has 0 aromatic heterocycles. The van der Waals surface area contributed by atoms with Crippen molar-refractivity contribution in [3.05, 3.63) is 0 Å². The van der Waals surface area contributed by atoms with E-state index in [4.69, 9.17) is 0 Å². The van der Waals surface area contributed by atoms with Crippen molar-refractivity contribution >= 4 is 5.91 Å². The van der Waals surface area contributed by atoms with Gasteiger partial charge in [-0.2, -0.15) is 13.2 Å². The minimum atomic E-state index is -4.53. The number of carbonyl (C=O) groups is 1. The van der Waals surface area contributed by atoms with Crippen LogP contribution in [0.1, 0.15) is 61.3 Å². The Bertz CT molecular complexity index is 316. The van der Waals surface area contributed by atoms with E-state index in [-0.39, 0.29) is 18.5 Å². The molecule has 0 spiro atoms. The van der Waals surface area contributed by atoms with Crippen molar-refractivity contribution in [2.75, 3.05) is 0 Å². The number of hydrogen-bond donors (Lipinski definition) is 0. The third kappa shape index (κ3) is 3.47. The van der Waals surface area contributed by atoms with Gasteiger partial charge in [-0.25, -0.2) is 0 Å². The van der Waals surface area contributed by atoms with Crippen LogP contribution in [-0.4, -0.2) is 29.1 Å². The Kier molecular flexibility index (Phi) is 6.56. The van der Waals surface area contributed by atoms with E-state index in [1.165, 1.54) is 18.7 Å². The van der Waals surface area contributed by atoms with E-state index in [1.807, 2.05) is 0 Å². The van der Waals surface area contributed by atoms with Crippen molar-refractivity contribution in [2.24, 2.45) is 11.3 Å². The number of halogens is 3. The summed E-state index contributed by atoms with van der Waals surface area (Å²) < 4.78 is 41.1. The molecule has 0 aromatic carbocycles. The Morgan fingerprint density at radius 1 is 1.00 bits per heavy atom. The Hall–Kier alpha value is -0.740. The molecule has 120 valence electrons. The third-order valence-electron chi connectivity index (χ3n) is 3.86. The number of amides is 1. The normalized spacial score (nSPS) is 15.8. The summed E-state index contributed by atoms with van der Waals surface area (Å²) in [5, 5.41) is 0. The fraction of sp³-hybridized carbons (Fsp3) is 0.933. The van der Waals surface area contributed by atoms with Gasteiger partial charge in [-0.05, 0) is 40.0 Å². The van der Waals surface area contributed by atoms with E-state index in [0.29, 0.717) is 6.42 Å². The number of rotatable bonds is 6. The van der Waals surface area contributed by atoms with E-state index in [9.17, 15) is 18.0 Å². The minimum absolute atomic E-state index is 0.164. The summed E-state index contributed by atoms with van der Waals surface area (Å²) in [5.74, 6) is -1.57. The lowest BCUT2D eigenvalue weighted by Gasteiger charge is -2.44. The second kappa shape index (κ2) is 6.81. The molecule has 0 saturated carbocycles. The summed E-state index contributed by atoms with van der Waals surface area (Å²) in [6.07, 6.45) is -4.37. The van der Waals surface area contributed by atoms with Crippen LogP contribution in [-0.2, 0) is 4.79 Å². The monoisotopic (exact) mass is 295 g/mol. The van der Waals surface area contributed by atoms with Gasteiger partial charge in [0.2, 0.25) is 5.91 Å². The Balaban J connectivity index is 5.92. The van der Waals surface area contributed by atoms with Gasteiger partial charge in [0.05, 0.1) is 0 Å².